The number of nitriles is 1. The van der Waals surface area contributed by atoms with Crippen LogP contribution in [-0.4, -0.2) is 22.6 Å². The minimum Gasteiger partial charge on any atom is -0.355 e. The third kappa shape index (κ3) is 5.24. The zero-order chi connectivity index (χ0) is 10.9. The van der Waals surface area contributed by atoms with Gasteiger partial charge in [-0.2, -0.15) is 21.4 Å². The van der Waals surface area contributed by atoms with E-state index < -0.39 is 0 Å². The SMILES string of the molecule is N#CNC(=N)NCCSCc1ccsn1. The molecule has 1 rings (SSSR count). The fraction of sp³-hybridized carbons (Fsp3) is 0.375. The summed E-state index contributed by atoms with van der Waals surface area (Å²) < 4.78 is 4.18. The van der Waals surface area contributed by atoms with Gasteiger partial charge in [0.05, 0.1) is 5.69 Å². The van der Waals surface area contributed by atoms with Gasteiger partial charge in [0.25, 0.3) is 0 Å². The summed E-state index contributed by atoms with van der Waals surface area (Å²) in [6, 6.07) is 2.00. The maximum absolute atomic E-state index is 8.21. The number of hydrogen-bond acceptors (Lipinski definition) is 5. The molecule has 5 nitrogen and oxygen atoms in total. The van der Waals surface area contributed by atoms with Crippen molar-refractivity contribution < 1.29 is 0 Å². The van der Waals surface area contributed by atoms with Gasteiger partial charge < -0.3 is 5.32 Å². The van der Waals surface area contributed by atoms with E-state index in [4.69, 9.17) is 10.7 Å². The first kappa shape index (κ1) is 11.8. The highest BCUT2D eigenvalue weighted by molar-refractivity contribution is 7.98. The van der Waals surface area contributed by atoms with Crippen LogP contribution in [0.25, 0.3) is 0 Å². The molecule has 0 saturated carbocycles. The van der Waals surface area contributed by atoms with Crippen molar-refractivity contribution in [2.45, 2.75) is 5.75 Å². The lowest BCUT2D eigenvalue weighted by molar-refractivity contribution is 0.925. The second-order valence-corrected chi connectivity index (χ2v) is 4.35. The van der Waals surface area contributed by atoms with Crippen LogP contribution >= 0.6 is 23.3 Å². The third-order valence-corrected chi connectivity index (χ3v) is 3.06. The zero-order valence-electron chi connectivity index (χ0n) is 7.99. The van der Waals surface area contributed by atoms with Gasteiger partial charge in [0, 0.05) is 23.4 Å². The standard InChI is InChI=1S/C8H11N5S2/c9-6-12-8(10)11-2-4-14-5-7-1-3-15-13-7/h1,3H,2,4-5H2,(H3,10,11,12). The molecule has 0 atom stereocenters. The Morgan fingerprint density at radius 2 is 2.60 bits per heavy atom. The van der Waals surface area contributed by atoms with Crippen molar-refractivity contribution in [2.24, 2.45) is 0 Å². The summed E-state index contributed by atoms with van der Waals surface area (Å²) in [7, 11) is 0. The summed E-state index contributed by atoms with van der Waals surface area (Å²) in [5.74, 6) is 1.82. The van der Waals surface area contributed by atoms with Crippen LogP contribution in [-0.2, 0) is 5.75 Å². The number of nitrogens with zero attached hydrogens (tertiary/aromatic N) is 2. The summed E-state index contributed by atoms with van der Waals surface area (Å²) in [6.07, 6.45) is 1.68. The number of nitrogens with one attached hydrogen (secondary N) is 3. The van der Waals surface area contributed by atoms with Crippen LogP contribution in [0.2, 0.25) is 0 Å². The van der Waals surface area contributed by atoms with Gasteiger partial charge in [-0.15, -0.1) is 0 Å². The molecule has 80 valence electrons. The van der Waals surface area contributed by atoms with Gasteiger partial charge >= 0.3 is 0 Å². The molecule has 0 fully saturated rings. The quantitative estimate of drug-likeness (QED) is 0.235. The van der Waals surface area contributed by atoms with Crippen molar-refractivity contribution in [3.05, 3.63) is 17.1 Å². The van der Waals surface area contributed by atoms with Crippen molar-refractivity contribution in [3.63, 3.8) is 0 Å². The van der Waals surface area contributed by atoms with Crippen LogP contribution in [0.1, 0.15) is 5.69 Å². The zero-order valence-corrected chi connectivity index (χ0v) is 9.62. The molecule has 0 aliphatic carbocycles. The number of hydrogen-bond donors (Lipinski definition) is 3. The summed E-state index contributed by atoms with van der Waals surface area (Å²) in [4.78, 5) is 0. The highest BCUT2D eigenvalue weighted by Crippen LogP contribution is 2.10. The molecule has 0 aliphatic heterocycles. The van der Waals surface area contributed by atoms with Crippen LogP contribution in [0.4, 0.5) is 0 Å². The third-order valence-electron chi connectivity index (χ3n) is 1.47. The van der Waals surface area contributed by atoms with Gasteiger partial charge in [0.15, 0.2) is 6.19 Å². The van der Waals surface area contributed by atoms with E-state index in [9.17, 15) is 0 Å². The first-order chi connectivity index (χ1) is 7.33. The van der Waals surface area contributed by atoms with Gasteiger partial charge in [0.2, 0.25) is 5.96 Å². The summed E-state index contributed by atoms with van der Waals surface area (Å²) in [5, 5.41) is 22.4. The molecule has 0 aromatic carbocycles. The minimum atomic E-state index is 0.0479. The molecule has 15 heavy (non-hydrogen) atoms. The highest BCUT2D eigenvalue weighted by atomic mass is 32.2. The monoisotopic (exact) mass is 241 g/mol. The van der Waals surface area contributed by atoms with E-state index in [1.807, 2.05) is 11.4 Å². The Balaban J connectivity index is 1.98. The second kappa shape index (κ2) is 7.09. The lowest BCUT2D eigenvalue weighted by atomic mass is 10.5. The molecule has 1 aromatic rings. The van der Waals surface area contributed by atoms with E-state index in [1.54, 1.807) is 18.0 Å². The molecule has 0 unspecified atom stereocenters. The van der Waals surface area contributed by atoms with Gasteiger partial charge in [-0.05, 0) is 17.6 Å². The molecule has 1 heterocycles. The number of aromatic nitrogens is 1. The highest BCUT2D eigenvalue weighted by Gasteiger charge is 1.96. The van der Waals surface area contributed by atoms with Crippen molar-refractivity contribution in [1.82, 2.24) is 15.0 Å². The topological polar surface area (TPSA) is 84.6 Å². The lowest BCUT2D eigenvalue weighted by Gasteiger charge is -2.04. The lowest BCUT2D eigenvalue weighted by Crippen LogP contribution is -2.34. The predicted octanol–water partition coefficient (Wildman–Crippen LogP) is 0.971. The molecule has 0 radical (unpaired) electrons. The van der Waals surface area contributed by atoms with Crippen molar-refractivity contribution in [2.75, 3.05) is 12.3 Å². The van der Waals surface area contributed by atoms with E-state index >= 15 is 0 Å². The number of guanidine groups is 1. The molecular weight excluding hydrogens is 230 g/mol. The van der Waals surface area contributed by atoms with Gasteiger partial charge in [0.1, 0.15) is 0 Å². The molecule has 0 amide bonds. The van der Waals surface area contributed by atoms with E-state index in [-0.39, 0.29) is 5.96 Å². The normalized spacial score (nSPS) is 9.27. The smallest absolute Gasteiger partial charge is 0.201 e. The van der Waals surface area contributed by atoms with Gasteiger partial charge in [-0.3, -0.25) is 10.7 Å². The largest absolute Gasteiger partial charge is 0.355 e. The molecule has 0 aliphatic rings. The fourth-order valence-corrected chi connectivity index (χ4v) is 2.22. The Kier molecular flexibility index (Phi) is 5.58. The first-order valence-electron chi connectivity index (χ1n) is 4.27. The van der Waals surface area contributed by atoms with Crippen LogP contribution in [0.5, 0.6) is 0 Å². The van der Waals surface area contributed by atoms with Crippen molar-refractivity contribution in [1.29, 1.82) is 10.7 Å². The van der Waals surface area contributed by atoms with Crippen molar-refractivity contribution >= 4 is 29.3 Å². The van der Waals surface area contributed by atoms with Gasteiger partial charge in [-0.25, -0.2) is 0 Å². The summed E-state index contributed by atoms with van der Waals surface area (Å²) in [6.45, 7) is 0.669. The Hall–Kier alpha value is -1.26. The summed E-state index contributed by atoms with van der Waals surface area (Å²) in [5.41, 5.74) is 1.09. The summed E-state index contributed by atoms with van der Waals surface area (Å²) >= 11 is 3.20. The Labute approximate surface area is 96.6 Å². The second-order valence-electron chi connectivity index (χ2n) is 2.58. The Morgan fingerprint density at radius 1 is 1.73 bits per heavy atom. The predicted molar refractivity (Wildman–Crippen MR) is 62.8 cm³/mol. The molecule has 1 aromatic heterocycles. The van der Waals surface area contributed by atoms with Crippen LogP contribution < -0.4 is 10.6 Å². The molecule has 0 bridgehead atoms. The van der Waals surface area contributed by atoms with E-state index in [1.165, 1.54) is 11.5 Å². The maximum atomic E-state index is 8.21. The molecule has 0 spiro atoms. The van der Waals surface area contributed by atoms with E-state index in [2.05, 4.69) is 15.0 Å². The first-order valence-corrected chi connectivity index (χ1v) is 6.26. The number of rotatable bonds is 5. The van der Waals surface area contributed by atoms with Gasteiger partial charge in [-0.1, -0.05) is 0 Å². The molecular formula is C8H11N5S2. The van der Waals surface area contributed by atoms with E-state index in [0.29, 0.717) is 6.54 Å². The van der Waals surface area contributed by atoms with Crippen LogP contribution in [0, 0.1) is 16.9 Å². The molecule has 7 heteroatoms. The van der Waals surface area contributed by atoms with Crippen LogP contribution in [0.3, 0.4) is 0 Å². The molecule has 0 saturated heterocycles. The number of thioether (sulfide) groups is 1. The van der Waals surface area contributed by atoms with Crippen molar-refractivity contribution in [3.8, 4) is 6.19 Å². The molecule has 3 N–H and O–H groups in total. The Bertz CT molecular complexity index is 329. The minimum absolute atomic E-state index is 0.0479. The average molecular weight is 241 g/mol. The average Bonchev–Trinajstić information content (AvgIpc) is 2.70. The maximum Gasteiger partial charge on any atom is 0.201 e. The Morgan fingerprint density at radius 3 is 3.27 bits per heavy atom. The fourth-order valence-electron chi connectivity index (χ4n) is 0.837. The van der Waals surface area contributed by atoms with E-state index in [0.717, 1.165) is 17.2 Å². The van der Waals surface area contributed by atoms with Crippen LogP contribution in [0.15, 0.2) is 11.4 Å².